The van der Waals surface area contributed by atoms with Gasteiger partial charge in [-0.05, 0) is 23.3 Å². The summed E-state index contributed by atoms with van der Waals surface area (Å²) in [4.78, 5) is 35.8. The summed E-state index contributed by atoms with van der Waals surface area (Å²) in [6.45, 7) is 1.30. The zero-order chi connectivity index (χ0) is 20.5. The number of benzene rings is 2. The average molecular weight is 379 g/mol. The summed E-state index contributed by atoms with van der Waals surface area (Å²) in [6.07, 6.45) is 0.261. The van der Waals surface area contributed by atoms with E-state index in [0.717, 1.165) is 5.56 Å². The lowest BCUT2D eigenvalue weighted by atomic mass is 10.0. The quantitative estimate of drug-likeness (QED) is 0.641. The Balaban J connectivity index is 2.13. The highest BCUT2D eigenvalue weighted by molar-refractivity contribution is 5.90. The lowest BCUT2D eigenvalue weighted by Crippen LogP contribution is -2.52. The van der Waals surface area contributed by atoms with E-state index in [0.29, 0.717) is 11.1 Å². The Morgan fingerprint density at radius 2 is 1.61 bits per heavy atom. The molecule has 3 N–H and O–H groups in total. The molecule has 0 bridgehead atoms. The van der Waals surface area contributed by atoms with Crippen LogP contribution in [0.3, 0.4) is 0 Å². The third kappa shape index (κ3) is 6.25. The smallest absolute Gasteiger partial charge is 0.326 e. The SMILES string of the molecule is CC(=O)N[C@@H](Cc1ccccc1)C(=O)N[C@H](Cc1cccc(C#N)c1)C(=O)O. The second-order valence-corrected chi connectivity index (χ2v) is 6.36. The van der Waals surface area contributed by atoms with Crippen LogP contribution in [-0.2, 0) is 27.2 Å². The van der Waals surface area contributed by atoms with Gasteiger partial charge in [-0.1, -0.05) is 42.5 Å². The standard InChI is InChI=1S/C21H21N3O4/c1-14(25)23-18(11-15-6-3-2-4-7-15)20(26)24-19(21(27)28)12-16-8-5-9-17(10-16)13-22/h2-10,18-19H,11-12H2,1H3,(H,23,25)(H,24,26)(H,27,28)/t18-,19+/m0/s1. The molecular weight excluding hydrogens is 358 g/mol. The number of hydrogen-bond acceptors (Lipinski definition) is 4. The number of nitrogens with zero attached hydrogens (tertiary/aromatic N) is 1. The maximum atomic E-state index is 12.7. The van der Waals surface area contributed by atoms with Crippen LogP contribution in [0.25, 0.3) is 0 Å². The van der Waals surface area contributed by atoms with Gasteiger partial charge in [0.1, 0.15) is 12.1 Å². The summed E-state index contributed by atoms with van der Waals surface area (Å²) < 4.78 is 0. The van der Waals surface area contributed by atoms with E-state index in [-0.39, 0.29) is 18.7 Å². The van der Waals surface area contributed by atoms with Crippen molar-refractivity contribution in [3.05, 3.63) is 71.3 Å². The lowest BCUT2D eigenvalue weighted by molar-refractivity contribution is -0.142. The summed E-state index contributed by atoms with van der Waals surface area (Å²) in [5, 5.41) is 23.5. The van der Waals surface area contributed by atoms with Gasteiger partial charge >= 0.3 is 5.97 Å². The van der Waals surface area contributed by atoms with Crippen LogP contribution in [0, 0.1) is 11.3 Å². The minimum Gasteiger partial charge on any atom is -0.480 e. The fourth-order valence-corrected chi connectivity index (χ4v) is 2.78. The Labute approximate surface area is 163 Å². The van der Waals surface area contributed by atoms with Gasteiger partial charge in [0.05, 0.1) is 11.6 Å². The molecule has 2 aromatic carbocycles. The first-order valence-electron chi connectivity index (χ1n) is 8.72. The second-order valence-electron chi connectivity index (χ2n) is 6.36. The molecule has 0 aliphatic carbocycles. The molecule has 0 radical (unpaired) electrons. The minimum absolute atomic E-state index is 0.0225. The maximum absolute atomic E-state index is 12.7. The fraction of sp³-hybridized carbons (Fsp3) is 0.238. The molecule has 7 heteroatoms. The van der Waals surface area contributed by atoms with E-state index in [4.69, 9.17) is 5.26 Å². The number of carbonyl (C=O) groups is 3. The van der Waals surface area contributed by atoms with Gasteiger partial charge in [-0.25, -0.2) is 4.79 Å². The number of carbonyl (C=O) groups excluding carboxylic acids is 2. The molecule has 7 nitrogen and oxygen atoms in total. The molecule has 28 heavy (non-hydrogen) atoms. The predicted molar refractivity (Wildman–Crippen MR) is 102 cm³/mol. The molecule has 0 aliphatic heterocycles. The monoisotopic (exact) mass is 379 g/mol. The van der Waals surface area contributed by atoms with Crippen LogP contribution in [-0.4, -0.2) is 35.0 Å². The van der Waals surface area contributed by atoms with E-state index in [2.05, 4.69) is 10.6 Å². The van der Waals surface area contributed by atoms with Crippen LogP contribution in [0.1, 0.15) is 23.6 Å². The first kappa shape index (κ1) is 20.6. The van der Waals surface area contributed by atoms with Crippen LogP contribution in [0.2, 0.25) is 0 Å². The van der Waals surface area contributed by atoms with Crippen LogP contribution < -0.4 is 10.6 Å². The predicted octanol–water partition coefficient (Wildman–Crippen LogP) is 1.42. The molecule has 0 aliphatic rings. The number of rotatable bonds is 8. The molecule has 0 saturated heterocycles. The molecule has 0 aromatic heterocycles. The summed E-state index contributed by atoms with van der Waals surface area (Å²) in [5.41, 5.74) is 1.86. The highest BCUT2D eigenvalue weighted by Crippen LogP contribution is 2.09. The fourth-order valence-electron chi connectivity index (χ4n) is 2.78. The average Bonchev–Trinajstić information content (AvgIpc) is 2.67. The van der Waals surface area contributed by atoms with Crippen molar-refractivity contribution in [2.75, 3.05) is 0 Å². The number of nitriles is 1. The van der Waals surface area contributed by atoms with E-state index in [1.807, 2.05) is 36.4 Å². The molecule has 0 unspecified atom stereocenters. The van der Waals surface area contributed by atoms with Crippen molar-refractivity contribution in [2.45, 2.75) is 31.8 Å². The molecule has 2 aromatic rings. The van der Waals surface area contributed by atoms with Crippen molar-refractivity contribution in [2.24, 2.45) is 0 Å². The first-order chi connectivity index (χ1) is 13.4. The van der Waals surface area contributed by atoms with Crippen LogP contribution >= 0.6 is 0 Å². The van der Waals surface area contributed by atoms with Gasteiger partial charge in [0, 0.05) is 19.8 Å². The molecule has 0 spiro atoms. The number of carboxylic acids is 1. The summed E-state index contributed by atoms with van der Waals surface area (Å²) in [6, 6.07) is 15.6. The van der Waals surface area contributed by atoms with E-state index < -0.39 is 24.0 Å². The van der Waals surface area contributed by atoms with Crippen LogP contribution in [0.15, 0.2) is 54.6 Å². The first-order valence-corrected chi connectivity index (χ1v) is 8.72. The van der Waals surface area contributed by atoms with Crippen molar-refractivity contribution in [3.8, 4) is 6.07 Å². The van der Waals surface area contributed by atoms with Gasteiger partial charge in [0.2, 0.25) is 11.8 Å². The van der Waals surface area contributed by atoms with E-state index in [1.54, 1.807) is 24.3 Å². The minimum atomic E-state index is -1.20. The van der Waals surface area contributed by atoms with E-state index >= 15 is 0 Å². The topological polar surface area (TPSA) is 119 Å². The zero-order valence-electron chi connectivity index (χ0n) is 15.4. The molecule has 0 fully saturated rings. The Kier molecular flexibility index (Phi) is 7.28. The van der Waals surface area contributed by atoms with E-state index in [9.17, 15) is 19.5 Å². The third-order valence-corrected chi connectivity index (χ3v) is 4.09. The summed E-state index contributed by atoms with van der Waals surface area (Å²) in [5.74, 6) is -2.16. The Morgan fingerprint density at radius 1 is 0.964 bits per heavy atom. The van der Waals surface area contributed by atoms with Gasteiger partial charge in [-0.3, -0.25) is 9.59 Å². The molecule has 144 valence electrons. The van der Waals surface area contributed by atoms with Crippen molar-refractivity contribution >= 4 is 17.8 Å². The molecule has 0 heterocycles. The molecule has 2 amide bonds. The number of aliphatic carboxylic acids is 1. The summed E-state index contributed by atoms with van der Waals surface area (Å²) in [7, 11) is 0. The lowest BCUT2D eigenvalue weighted by Gasteiger charge is -2.21. The third-order valence-electron chi connectivity index (χ3n) is 4.09. The van der Waals surface area contributed by atoms with Crippen molar-refractivity contribution < 1.29 is 19.5 Å². The van der Waals surface area contributed by atoms with Gasteiger partial charge < -0.3 is 15.7 Å². The maximum Gasteiger partial charge on any atom is 0.326 e. The second kappa shape index (κ2) is 9.88. The van der Waals surface area contributed by atoms with Gasteiger partial charge in [0.25, 0.3) is 0 Å². The number of carboxylic acid groups (broad SMARTS) is 1. The van der Waals surface area contributed by atoms with Crippen LogP contribution in [0.4, 0.5) is 0 Å². The van der Waals surface area contributed by atoms with Crippen molar-refractivity contribution in [1.29, 1.82) is 5.26 Å². The zero-order valence-corrected chi connectivity index (χ0v) is 15.4. The number of hydrogen-bond donors (Lipinski definition) is 3. The van der Waals surface area contributed by atoms with Crippen molar-refractivity contribution in [3.63, 3.8) is 0 Å². The Morgan fingerprint density at radius 3 is 2.21 bits per heavy atom. The Bertz CT molecular complexity index is 890. The molecule has 2 rings (SSSR count). The van der Waals surface area contributed by atoms with Gasteiger partial charge in [-0.2, -0.15) is 5.26 Å². The van der Waals surface area contributed by atoms with Crippen LogP contribution in [0.5, 0.6) is 0 Å². The number of nitrogens with one attached hydrogen (secondary N) is 2. The van der Waals surface area contributed by atoms with Crippen molar-refractivity contribution in [1.82, 2.24) is 10.6 Å². The highest BCUT2D eigenvalue weighted by Gasteiger charge is 2.26. The number of amides is 2. The Hall–Kier alpha value is -3.66. The van der Waals surface area contributed by atoms with Gasteiger partial charge in [0.15, 0.2) is 0 Å². The largest absolute Gasteiger partial charge is 0.480 e. The highest BCUT2D eigenvalue weighted by atomic mass is 16.4. The molecule has 0 saturated carbocycles. The molecule has 2 atom stereocenters. The van der Waals surface area contributed by atoms with E-state index in [1.165, 1.54) is 6.92 Å². The normalized spacial score (nSPS) is 12.3. The molecular formula is C21H21N3O4. The summed E-state index contributed by atoms with van der Waals surface area (Å²) >= 11 is 0. The van der Waals surface area contributed by atoms with Gasteiger partial charge in [-0.15, -0.1) is 0 Å².